The molecule has 0 saturated carbocycles. The van der Waals surface area contributed by atoms with Gasteiger partial charge in [-0.25, -0.2) is 0 Å². The summed E-state index contributed by atoms with van der Waals surface area (Å²) in [6.45, 7) is 5.74. The molecule has 0 unspecified atom stereocenters. The second kappa shape index (κ2) is 8.90. The summed E-state index contributed by atoms with van der Waals surface area (Å²) in [5.41, 5.74) is 3.49. The summed E-state index contributed by atoms with van der Waals surface area (Å²) >= 11 is 5.59. The van der Waals surface area contributed by atoms with Crippen molar-refractivity contribution < 1.29 is 5.11 Å². The number of phenols is 1. The lowest BCUT2D eigenvalue weighted by molar-refractivity contribution is 0.390. The average molecular weight is 370 g/mol. The monoisotopic (exact) mass is 369 g/mol. The van der Waals surface area contributed by atoms with Gasteiger partial charge in [-0.3, -0.25) is 0 Å². The molecule has 0 bridgehead atoms. The zero-order chi connectivity index (χ0) is 18.4. The van der Waals surface area contributed by atoms with E-state index in [0.29, 0.717) is 5.75 Å². The van der Waals surface area contributed by atoms with Gasteiger partial charge in [0.15, 0.2) is 5.11 Å². The third-order valence-electron chi connectivity index (χ3n) is 4.79. The van der Waals surface area contributed by atoms with Gasteiger partial charge in [0.1, 0.15) is 5.75 Å². The minimum Gasteiger partial charge on any atom is -0.508 e. The quantitative estimate of drug-likeness (QED) is 0.771. The molecule has 0 aliphatic carbocycles. The van der Waals surface area contributed by atoms with E-state index >= 15 is 0 Å². The van der Waals surface area contributed by atoms with E-state index in [-0.39, 0.29) is 0 Å². The van der Waals surface area contributed by atoms with Crippen molar-refractivity contribution in [2.45, 2.75) is 26.2 Å². The Labute approximate surface area is 161 Å². The van der Waals surface area contributed by atoms with Crippen LogP contribution in [0, 0.1) is 0 Å². The molecule has 0 radical (unpaired) electrons. The maximum Gasteiger partial charge on any atom is 0.173 e. The van der Waals surface area contributed by atoms with Crippen LogP contribution in [0.15, 0.2) is 48.5 Å². The van der Waals surface area contributed by atoms with Crippen LogP contribution in [0.2, 0.25) is 0 Å². The molecule has 1 aliphatic rings. The van der Waals surface area contributed by atoms with E-state index in [1.54, 1.807) is 6.07 Å². The predicted molar refractivity (Wildman–Crippen MR) is 113 cm³/mol. The number of nitrogens with zero attached hydrogens (tertiary/aromatic N) is 2. The van der Waals surface area contributed by atoms with Crippen LogP contribution in [0.5, 0.6) is 5.75 Å². The zero-order valence-electron chi connectivity index (χ0n) is 15.3. The molecule has 1 aliphatic heterocycles. The van der Waals surface area contributed by atoms with E-state index in [4.69, 9.17) is 12.2 Å². The highest BCUT2D eigenvalue weighted by molar-refractivity contribution is 7.80. The summed E-state index contributed by atoms with van der Waals surface area (Å²) < 4.78 is 0. The van der Waals surface area contributed by atoms with Crippen molar-refractivity contribution in [1.82, 2.24) is 4.90 Å². The Kier molecular flexibility index (Phi) is 6.34. The number of piperazine rings is 1. The molecule has 5 heteroatoms. The number of hydrogen-bond donors (Lipinski definition) is 2. The summed E-state index contributed by atoms with van der Waals surface area (Å²) in [5, 5.41) is 13.8. The number of benzene rings is 2. The Balaban J connectivity index is 1.50. The summed E-state index contributed by atoms with van der Waals surface area (Å²) in [6.07, 6.45) is 3.59. The van der Waals surface area contributed by atoms with Crippen LogP contribution in [-0.2, 0) is 6.42 Å². The van der Waals surface area contributed by atoms with E-state index in [1.165, 1.54) is 18.4 Å². The average Bonchev–Trinajstić information content (AvgIpc) is 2.67. The zero-order valence-corrected chi connectivity index (χ0v) is 16.1. The molecule has 1 saturated heterocycles. The van der Waals surface area contributed by atoms with Gasteiger partial charge < -0.3 is 20.2 Å². The van der Waals surface area contributed by atoms with E-state index < -0.39 is 0 Å². The van der Waals surface area contributed by atoms with Gasteiger partial charge in [0.05, 0.1) is 0 Å². The SMILES string of the molecule is CCCCc1ccc(NC(=S)N2CCN(c3cccc(O)c3)CC2)cc1. The number of unbranched alkanes of at least 4 members (excludes halogenated alkanes) is 1. The summed E-state index contributed by atoms with van der Waals surface area (Å²) in [6, 6.07) is 16.0. The van der Waals surface area contributed by atoms with E-state index in [1.807, 2.05) is 18.2 Å². The molecule has 0 amide bonds. The number of phenolic OH excluding ortho intramolecular Hbond substituents is 1. The lowest BCUT2D eigenvalue weighted by atomic mass is 10.1. The normalized spacial score (nSPS) is 14.3. The topological polar surface area (TPSA) is 38.7 Å². The lowest BCUT2D eigenvalue weighted by Crippen LogP contribution is -2.50. The molecular weight excluding hydrogens is 342 g/mol. The number of hydrogen-bond acceptors (Lipinski definition) is 3. The number of nitrogens with one attached hydrogen (secondary N) is 1. The Hall–Kier alpha value is -2.27. The highest BCUT2D eigenvalue weighted by Gasteiger charge is 2.19. The molecule has 26 heavy (non-hydrogen) atoms. The first-order valence-corrected chi connectivity index (χ1v) is 9.75. The second-order valence-corrected chi connectivity index (χ2v) is 7.11. The fraction of sp³-hybridized carbons (Fsp3) is 0.381. The standard InChI is InChI=1S/C21H27N3OS/c1-2-3-5-17-8-10-18(11-9-17)22-21(26)24-14-12-23(13-15-24)19-6-4-7-20(25)16-19/h4,6-11,16,25H,2-3,5,12-15H2,1H3,(H,22,26). The minimum atomic E-state index is 0.310. The van der Waals surface area contributed by atoms with Crippen molar-refractivity contribution in [3.63, 3.8) is 0 Å². The molecule has 3 rings (SSSR count). The van der Waals surface area contributed by atoms with Crippen molar-refractivity contribution in [2.75, 3.05) is 36.4 Å². The van der Waals surface area contributed by atoms with E-state index in [0.717, 1.165) is 49.1 Å². The highest BCUT2D eigenvalue weighted by atomic mass is 32.1. The van der Waals surface area contributed by atoms with Crippen LogP contribution in [0.4, 0.5) is 11.4 Å². The van der Waals surface area contributed by atoms with Crippen LogP contribution in [-0.4, -0.2) is 41.3 Å². The second-order valence-electron chi connectivity index (χ2n) is 6.72. The smallest absolute Gasteiger partial charge is 0.173 e. The van der Waals surface area contributed by atoms with Crippen molar-refractivity contribution in [2.24, 2.45) is 0 Å². The maximum absolute atomic E-state index is 9.65. The Morgan fingerprint density at radius 1 is 1.08 bits per heavy atom. The molecule has 1 fully saturated rings. The van der Waals surface area contributed by atoms with Crippen LogP contribution >= 0.6 is 12.2 Å². The molecular formula is C21H27N3OS. The van der Waals surface area contributed by atoms with Gasteiger partial charge in [-0.2, -0.15) is 0 Å². The molecule has 2 aromatic rings. The summed E-state index contributed by atoms with van der Waals surface area (Å²) in [4.78, 5) is 4.49. The molecule has 2 aromatic carbocycles. The molecule has 0 atom stereocenters. The van der Waals surface area contributed by atoms with Crippen molar-refractivity contribution in [1.29, 1.82) is 0 Å². The van der Waals surface area contributed by atoms with Gasteiger partial charge in [0.25, 0.3) is 0 Å². The molecule has 138 valence electrons. The fourth-order valence-electron chi connectivity index (χ4n) is 3.20. The van der Waals surface area contributed by atoms with E-state index in [9.17, 15) is 5.11 Å². The van der Waals surface area contributed by atoms with Gasteiger partial charge in [-0.05, 0) is 54.9 Å². The van der Waals surface area contributed by atoms with Crippen LogP contribution in [0.25, 0.3) is 0 Å². The third kappa shape index (κ3) is 4.88. The summed E-state index contributed by atoms with van der Waals surface area (Å²) in [7, 11) is 0. The Bertz CT molecular complexity index is 724. The first kappa shape index (κ1) is 18.5. The first-order valence-electron chi connectivity index (χ1n) is 9.34. The highest BCUT2D eigenvalue weighted by Crippen LogP contribution is 2.21. The molecule has 0 spiro atoms. The minimum absolute atomic E-state index is 0.310. The molecule has 1 heterocycles. The third-order valence-corrected chi connectivity index (χ3v) is 5.15. The van der Waals surface area contributed by atoms with Gasteiger partial charge in [-0.15, -0.1) is 0 Å². The maximum atomic E-state index is 9.65. The molecule has 4 nitrogen and oxygen atoms in total. The van der Waals surface area contributed by atoms with Crippen molar-refractivity contribution in [3.05, 3.63) is 54.1 Å². The predicted octanol–water partition coefficient (Wildman–Crippen LogP) is 4.25. The lowest BCUT2D eigenvalue weighted by Gasteiger charge is -2.37. The number of aryl methyl sites for hydroxylation is 1. The van der Waals surface area contributed by atoms with E-state index in [2.05, 4.69) is 46.3 Å². The molecule has 2 N–H and O–H groups in total. The van der Waals surface area contributed by atoms with Crippen molar-refractivity contribution >= 4 is 28.7 Å². The number of rotatable bonds is 5. The van der Waals surface area contributed by atoms with Crippen LogP contribution in [0.3, 0.4) is 0 Å². The molecule has 0 aromatic heterocycles. The van der Waals surface area contributed by atoms with Crippen LogP contribution < -0.4 is 10.2 Å². The Morgan fingerprint density at radius 3 is 2.46 bits per heavy atom. The fourth-order valence-corrected chi connectivity index (χ4v) is 3.50. The number of aromatic hydroxyl groups is 1. The largest absolute Gasteiger partial charge is 0.508 e. The van der Waals surface area contributed by atoms with Gasteiger partial charge >= 0.3 is 0 Å². The number of anilines is 2. The van der Waals surface area contributed by atoms with Crippen molar-refractivity contribution in [3.8, 4) is 5.75 Å². The van der Waals surface area contributed by atoms with Crippen LogP contribution in [0.1, 0.15) is 25.3 Å². The van der Waals surface area contributed by atoms with Gasteiger partial charge in [-0.1, -0.05) is 31.5 Å². The first-order chi connectivity index (χ1) is 12.7. The number of thiocarbonyl (C=S) groups is 1. The summed E-state index contributed by atoms with van der Waals surface area (Å²) in [5.74, 6) is 0.310. The Morgan fingerprint density at radius 2 is 1.81 bits per heavy atom. The van der Waals surface area contributed by atoms with Gasteiger partial charge in [0.2, 0.25) is 0 Å². The van der Waals surface area contributed by atoms with Gasteiger partial charge in [0, 0.05) is 43.6 Å².